The fraction of sp³-hybridized carbons (Fsp3) is 0.286. The third-order valence-electron chi connectivity index (χ3n) is 5.18. The number of hydrogen-bond acceptors (Lipinski definition) is 5. The Morgan fingerprint density at radius 2 is 1.89 bits per heavy atom. The zero-order valence-corrected chi connectivity index (χ0v) is 15.9. The minimum absolute atomic E-state index is 0.0601. The number of thioether (sulfide) groups is 1. The van der Waals surface area contributed by atoms with Gasteiger partial charge in [0.2, 0.25) is 5.91 Å². The van der Waals surface area contributed by atoms with Crippen LogP contribution in [0, 0.1) is 25.2 Å². The van der Waals surface area contributed by atoms with Crippen LogP contribution >= 0.6 is 11.8 Å². The molecule has 0 saturated carbocycles. The number of carbonyl (C=O) groups is 2. The fourth-order valence-electron chi connectivity index (χ4n) is 3.93. The number of benzene rings is 2. The summed E-state index contributed by atoms with van der Waals surface area (Å²) in [6, 6.07) is 11.9. The number of carbonyl (C=O) groups excluding carboxylic acids is 2. The maximum Gasteiger partial charge on any atom is 0.286 e. The molecule has 0 radical (unpaired) electrons. The van der Waals surface area contributed by atoms with Crippen LogP contribution in [-0.2, 0) is 11.2 Å². The van der Waals surface area contributed by atoms with Gasteiger partial charge < -0.3 is 4.74 Å². The molecule has 1 aliphatic heterocycles. The lowest BCUT2D eigenvalue weighted by molar-refractivity contribution is -0.119. The van der Waals surface area contributed by atoms with Crippen LogP contribution in [0.25, 0.3) is 0 Å². The van der Waals surface area contributed by atoms with Gasteiger partial charge in [0.25, 0.3) is 5.24 Å². The van der Waals surface area contributed by atoms with Crippen molar-refractivity contribution in [1.29, 1.82) is 5.26 Å². The standard InChI is InChI=1S/C21H18N2O3S/c1-11-7-15(8-12(2)18(11)10-22)26-14-4-6-16-13(9-14)3-5-17(16)19-20(24)23-21(25)27-19/h4,6-9,17,19H,3,5H2,1-2H3,(H,23,24,25)/t17-,19?/m1/s1. The fourth-order valence-corrected chi connectivity index (χ4v) is 4.94. The summed E-state index contributed by atoms with van der Waals surface area (Å²) < 4.78 is 6.02. The summed E-state index contributed by atoms with van der Waals surface area (Å²) >= 11 is 1.09. The third-order valence-corrected chi connectivity index (χ3v) is 6.29. The summed E-state index contributed by atoms with van der Waals surface area (Å²) in [5.74, 6) is 1.31. The number of aryl methyl sites for hydroxylation is 3. The Morgan fingerprint density at radius 3 is 2.52 bits per heavy atom. The molecule has 2 aliphatic rings. The number of rotatable bonds is 3. The molecule has 0 aromatic heterocycles. The maximum atomic E-state index is 12.0. The Kier molecular flexibility index (Phi) is 4.40. The summed E-state index contributed by atoms with van der Waals surface area (Å²) in [6.07, 6.45) is 1.72. The highest BCUT2D eigenvalue weighted by Crippen LogP contribution is 2.43. The SMILES string of the molecule is Cc1cc(Oc2ccc3c(c2)CC[C@H]3C2SC(=O)NC2=O)cc(C)c1C#N. The number of fused-ring (bicyclic) bond motifs is 1. The van der Waals surface area contributed by atoms with E-state index in [0.29, 0.717) is 11.3 Å². The molecule has 1 N–H and O–H groups in total. The van der Waals surface area contributed by atoms with Gasteiger partial charge in [0.05, 0.1) is 11.6 Å². The molecule has 2 aromatic rings. The van der Waals surface area contributed by atoms with Crippen LogP contribution in [-0.4, -0.2) is 16.4 Å². The van der Waals surface area contributed by atoms with E-state index in [4.69, 9.17) is 4.74 Å². The number of nitrogens with zero attached hydrogens (tertiary/aromatic N) is 1. The summed E-state index contributed by atoms with van der Waals surface area (Å²) in [4.78, 5) is 23.5. The maximum absolute atomic E-state index is 12.0. The van der Waals surface area contributed by atoms with Gasteiger partial charge in [0.15, 0.2) is 0 Å². The molecular weight excluding hydrogens is 360 g/mol. The first kappa shape index (κ1) is 17.6. The third kappa shape index (κ3) is 3.19. The van der Waals surface area contributed by atoms with Gasteiger partial charge in [-0.25, -0.2) is 0 Å². The van der Waals surface area contributed by atoms with Crippen LogP contribution in [0.2, 0.25) is 0 Å². The minimum Gasteiger partial charge on any atom is -0.457 e. The summed E-state index contributed by atoms with van der Waals surface area (Å²) in [5.41, 5.74) is 4.75. The number of nitrogens with one attached hydrogen (secondary N) is 1. The van der Waals surface area contributed by atoms with Crippen molar-refractivity contribution in [3.63, 3.8) is 0 Å². The van der Waals surface area contributed by atoms with Crippen molar-refractivity contribution in [2.75, 3.05) is 0 Å². The number of nitriles is 1. The zero-order valence-electron chi connectivity index (χ0n) is 15.0. The molecule has 6 heteroatoms. The summed E-state index contributed by atoms with van der Waals surface area (Å²) in [7, 11) is 0. The number of ether oxygens (including phenoxy) is 1. The first-order valence-electron chi connectivity index (χ1n) is 8.80. The first-order chi connectivity index (χ1) is 13.0. The predicted molar refractivity (Wildman–Crippen MR) is 103 cm³/mol. The van der Waals surface area contributed by atoms with Gasteiger partial charge in [-0.15, -0.1) is 0 Å². The summed E-state index contributed by atoms with van der Waals surface area (Å²) in [6.45, 7) is 3.80. The molecular formula is C21H18N2O3S. The zero-order chi connectivity index (χ0) is 19.1. The molecule has 1 heterocycles. The van der Waals surface area contributed by atoms with Crippen LogP contribution in [0.15, 0.2) is 30.3 Å². The second kappa shape index (κ2) is 6.75. The van der Waals surface area contributed by atoms with E-state index in [1.54, 1.807) is 0 Å². The second-order valence-electron chi connectivity index (χ2n) is 6.97. The van der Waals surface area contributed by atoms with Crippen LogP contribution in [0.1, 0.15) is 40.2 Å². The molecule has 2 aromatic carbocycles. The highest BCUT2D eigenvalue weighted by molar-refractivity contribution is 8.15. The minimum atomic E-state index is -0.339. The Balaban J connectivity index is 1.57. The quantitative estimate of drug-likeness (QED) is 0.859. The Morgan fingerprint density at radius 1 is 1.15 bits per heavy atom. The lowest BCUT2D eigenvalue weighted by atomic mass is 9.97. The van der Waals surface area contributed by atoms with Crippen LogP contribution in [0.3, 0.4) is 0 Å². The average Bonchev–Trinajstić information content (AvgIpc) is 3.16. The molecule has 4 rings (SSSR count). The van der Waals surface area contributed by atoms with Gasteiger partial charge in [0.1, 0.15) is 16.7 Å². The van der Waals surface area contributed by atoms with Gasteiger partial charge in [-0.1, -0.05) is 17.8 Å². The van der Waals surface area contributed by atoms with Crippen LogP contribution in [0.4, 0.5) is 4.79 Å². The number of hydrogen-bond donors (Lipinski definition) is 1. The van der Waals surface area contributed by atoms with E-state index in [9.17, 15) is 14.9 Å². The van der Waals surface area contributed by atoms with Crippen molar-refractivity contribution < 1.29 is 14.3 Å². The molecule has 5 nitrogen and oxygen atoms in total. The first-order valence-corrected chi connectivity index (χ1v) is 9.67. The second-order valence-corrected chi connectivity index (χ2v) is 8.08. The molecule has 1 unspecified atom stereocenters. The van der Waals surface area contributed by atoms with Gasteiger partial charge in [-0.05, 0) is 73.2 Å². The average molecular weight is 378 g/mol. The Bertz CT molecular complexity index is 986. The van der Waals surface area contributed by atoms with Crippen molar-refractivity contribution in [1.82, 2.24) is 5.32 Å². The molecule has 136 valence electrons. The normalized spacial score (nSPS) is 20.9. The highest BCUT2D eigenvalue weighted by Gasteiger charge is 2.41. The number of amides is 2. The summed E-state index contributed by atoms with van der Waals surface area (Å²) in [5, 5.41) is 11.0. The van der Waals surface area contributed by atoms with Crippen molar-refractivity contribution in [2.24, 2.45) is 0 Å². The predicted octanol–water partition coefficient (Wildman–Crippen LogP) is 4.35. The van der Waals surface area contributed by atoms with Gasteiger partial charge in [-0.3, -0.25) is 14.9 Å². The van der Waals surface area contributed by atoms with E-state index in [-0.39, 0.29) is 22.3 Å². The van der Waals surface area contributed by atoms with E-state index in [2.05, 4.69) is 11.4 Å². The van der Waals surface area contributed by atoms with Crippen LogP contribution < -0.4 is 10.1 Å². The van der Waals surface area contributed by atoms with E-state index >= 15 is 0 Å². The van der Waals surface area contributed by atoms with E-state index < -0.39 is 0 Å². The van der Waals surface area contributed by atoms with Gasteiger partial charge in [0, 0.05) is 5.92 Å². The molecule has 1 fully saturated rings. The molecule has 27 heavy (non-hydrogen) atoms. The van der Waals surface area contributed by atoms with Crippen molar-refractivity contribution >= 4 is 22.9 Å². The molecule has 2 amide bonds. The Hall–Kier alpha value is -2.78. The Labute approximate surface area is 161 Å². The smallest absolute Gasteiger partial charge is 0.286 e. The molecule has 0 bridgehead atoms. The van der Waals surface area contributed by atoms with Gasteiger partial charge >= 0.3 is 0 Å². The molecule has 2 atom stereocenters. The topological polar surface area (TPSA) is 79.2 Å². The van der Waals surface area contributed by atoms with E-state index in [0.717, 1.165) is 52.6 Å². The van der Waals surface area contributed by atoms with Gasteiger partial charge in [-0.2, -0.15) is 5.26 Å². The van der Waals surface area contributed by atoms with Crippen molar-refractivity contribution in [2.45, 2.75) is 37.9 Å². The lowest BCUT2D eigenvalue weighted by Gasteiger charge is -2.16. The van der Waals surface area contributed by atoms with E-state index in [1.165, 1.54) is 0 Å². The molecule has 1 aliphatic carbocycles. The molecule has 1 saturated heterocycles. The van der Waals surface area contributed by atoms with E-state index in [1.807, 2.05) is 44.2 Å². The monoisotopic (exact) mass is 378 g/mol. The lowest BCUT2D eigenvalue weighted by Crippen LogP contribution is -2.27. The van der Waals surface area contributed by atoms with Crippen molar-refractivity contribution in [3.8, 4) is 17.6 Å². The largest absolute Gasteiger partial charge is 0.457 e. The van der Waals surface area contributed by atoms with Crippen LogP contribution in [0.5, 0.6) is 11.5 Å². The highest BCUT2D eigenvalue weighted by atomic mass is 32.2. The van der Waals surface area contributed by atoms with Crippen molar-refractivity contribution in [3.05, 3.63) is 58.1 Å². The number of imide groups is 1. The molecule has 0 spiro atoms.